The number of hydrogen-bond acceptors (Lipinski definition) is 0. The fourth-order valence-electron chi connectivity index (χ4n) is 6.85. The smallest absolute Gasteiger partial charge is 0.0202 e. The van der Waals surface area contributed by atoms with Crippen LogP contribution in [-0.4, -0.2) is 0 Å². The molecule has 0 amide bonds. The highest BCUT2D eigenvalue weighted by Gasteiger charge is 2.44. The van der Waals surface area contributed by atoms with Crippen LogP contribution >= 0.6 is 0 Å². The van der Waals surface area contributed by atoms with Gasteiger partial charge in [0, 0.05) is 0 Å². The van der Waals surface area contributed by atoms with Crippen molar-refractivity contribution in [2.24, 2.45) is 47.3 Å². The predicted octanol–water partition coefficient (Wildman–Crippen LogP) is 9.00. The van der Waals surface area contributed by atoms with E-state index in [2.05, 4.69) is 58.6 Å². The summed E-state index contributed by atoms with van der Waals surface area (Å²) >= 11 is 0. The van der Waals surface area contributed by atoms with Gasteiger partial charge in [0.1, 0.15) is 0 Å². The zero-order valence-electron chi connectivity index (χ0n) is 19.9. The van der Waals surface area contributed by atoms with Gasteiger partial charge in [0.25, 0.3) is 0 Å². The topological polar surface area (TPSA) is 0 Å². The van der Waals surface area contributed by atoms with Gasteiger partial charge in [-0.1, -0.05) is 57.1 Å². The third-order valence-corrected chi connectivity index (χ3v) is 8.79. The lowest BCUT2D eigenvalue weighted by Crippen LogP contribution is -2.19. The first kappa shape index (κ1) is 22.9. The Balaban J connectivity index is 0.000000127. The lowest BCUT2D eigenvalue weighted by Gasteiger charge is -2.28. The molecule has 164 valence electrons. The van der Waals surface area contributed by atoms with E-state index in [1.165, 1.54) is 76.2 Å². The maximum Gasteiger partial charge on any atom is -0.0202 e. The summed E-state index contributed by atoms with van der Waals surface area (Å²) in [5.74, 6) is 7.98. The van der Waals surface area contributed by atoms with Gasteiger partial charge in [0.15, 0.2) is 0 Å². The van der Waals surface area contributed by atoms with Crippen LogP contribution < -0.4 is 0 Å². The van der Waals surface area contributed by atoms with Gasteiger partial charge in [-0.15, -0.1) is 6.58 Å². The van der Waals surface area contributed by atoms with Gasteiger partial charge in [-0.25, -0.2) is 0 Å². The van der Waals surface area contributed by atoms with E-state index in [1.807, 2.05) is 0 Å². The first-order valence-electron chi connectivity index (χ1n) is 12.9. The van der Waals surface area contributed by atoms with E-state index in [9.17, 15) is 0 Å². The molecule has 0 radical (unpaired) electrons. The molecule has 0 heteroatoms. The molecule has 0 aromatic rings. The maximum absolute atomic E-state index is 4.04. The lowest BCUT2D eigenvalue weighted by molar-refractivity contribution is 0.238. The Morgan fingerprint density at radius 1 is 0.862 bits per heavy atom. The Kier molecular flexibility index (Phi) is 8.70. The normalized spacial score (nSPS) is 42.9. The van der Waals surface area contributed by atoms with E-state index in [0.29, 0.717) is 0 Å². The molecule has 0 aliphatic heterocycles. The molecule has 3 fully saturated rings. The summed E-state index contributed by atoms with van der Waals surface area (Å²) in [6.45, 7) is 13.4. The van der Waals surface area contributed by atoms with Gasteiger partial charge in [0.2, 0.25) is 0 Å². The quantitative estimate of drug-likeness (QED) is 0.408. The minimum atomic E-state index is 0.958. The molecule has 0 nitrogen and oxygen atoms in total. The highest BCUT2D eigenvalue weighted by atomic mass is 14.5. The average molecular weight is 397 g/mol. The fourth-order valence-corrected chi connectivity index (χ4v) is 6.85. The van der Waals surface area contributed by atoms with Crippen LogP contribution in [0.1, 0.15) is 98.3 Å². The Labute approximate surface area is 182 Å². The molecule has 4 bridgehead atoms. The standard InChI is InChI=1S/C12H20.C9H16.C8H12/c1-8(2)6-12-9(3)10-4-5-11(12)7-10;1-9-7-5-3-2-4-6-8-9;1-6-4-7-2-3-8(6)5-7/h9-12H,1,4-7H2,2-3H3;2-3,9H,4-8H2,1H3;2-3,6-8H,4-5H2,1H3/b;3-2-;. The van der Waals surface area contributed by atoms with E-state index in [-0.39, 0.29) is 0 Å². The van der Waals surface area contributed by atoms with E-state index in [0.717, 1.165) is 47.3 Å². The molecule has 8 unspecified atom stereocenters. The Morgan fingerprint density at radius 3 is 2.17 bits per heavy atom. The summed E-state index contributed by atoms with van der Waals surface area (Å²) in [5, 5.41) is 0. The van der Waals surface area contributed by atoms with E-state index in [1.54, 1.807) is 0 Å². The molecule has 0 spiro atoms. The van der Waals surface area contributed by atoms with E-state index < -0.39 is 0 Å². The third-order valence-electron chi connectivity index (χ3n) is 8.79. The zero-order chi connectivity index (χ0) is 20.8. The summed E-state index contributed by atoms with van der Waals surface area (Å²) in [4.78, 5) is 0. The minimum absolute atomic E-state index is 0.958. The SMILES string of the molecule is C=C(C)CC1C2CCC(C2)C1C.CC1CC/C=C\CCC1.CC1CC2C=CC1C2. The molecule has 3 saturated carbocycles. The van der Waals surface area contributed by atoms with Crippen LogP contribution in [-0.2, 0) is 0 Å². The van der Waals surface area contributed by atoms with Gasteiger partial charge >= 0.3 is 0 Å². The second-order valence-corrected chi connectivity index (χ2v) is 11.4. The van der Waals surface area contributed by atoms with Crippen LogP contribution in [0, 0.1) is 47.3 Å². The number of fused-ring (bicyclic) bond motifs is 4. The monoisotopic (exact) mass is 396 g/mol. The molecule has 8 atom stereocenters. The van der Waals surface area contributed by atoms with Crippen LogP contribution in [0.4, 0.5) is 0 Å². The molecule has 0 aromatic heterocycles. The van der Waals surface area contributed by atoms with Crippen molar-refractivity contribution in [3.8, 4) is 0 Å². The third kappa shape index (κ3) is 6.60. The molecule has 0 saturated heterocycles. The Hall–Kier alpha value is -0.780. The molecule has 5 aliphatic rings. The van der Waals surface area contributed by atoms with Crippen LogP contribution in [0.3, 0.4) is 0 Å². The van der Waals surface area contributed by atoms with Crippen molar-refractivity contribution in [1.29, 1.82) is 0 Å². The lowest BCUT2D eigenvalue weighted by atomic mass is 9.77. The Bertz CT molecular complexity index is 565. The van der Waals surface area contributed by atoms with Crippen molar-refractivity contribution in [3.05, 3.63) is 36.5 Å². The van der Waals surface area contributed by atoms with Crippen molar-refractivity contribution in [3.63, 3.8) is 0 Å². The molecule has 0 aromatic carbocycles. The summed E-state index contributed by atoms with van der Waals surface area (Å²) in [5.41, 5.74) is 1.39. The van der Waals surface area contributed by atoms with Crippen molar-refractivity contribution in [2.45, 2.75) is 98.3 Å². The van der Waals surface area contributed by atoms with Crippen molar-refractivity contribution in [1.82, 2.24) is 0 Å². The van der Waals surface area contributed by atoms with Crippen LogP contribution in [0.15, 0.2) is 36.5 Å². The van der Waals surface area contributed by atoms with E-state index in [4.69, 9.17) is 0 Å². The summed E-state index contributed by atoms with van der Waals surface area (Å²) in [6.07, 6.45) is 25.1. The van der Waals surface area contributed by atoms with Crippen molar-refractivity contribution < 1.29 is 0 Å². The van der Waals surface area contributed by atoms with Crippen LogP contribution in [0.25, 0.3) is 0 Å². The largest absolute Gasteiger partial charge is 0.100 e. The van der Waals surface area contributed by atoms with Gasteiger partial charge in [-0.3, -0.25) is 0 Å². The van der Waals surface area contributed by atoms with E-state index >= 15 is 0 Å². The molecule has 5 rings (SSSR count). The maximum atomic E-state index is 4.04. The fraction of sp³-hybridized carbons (Fsp3) is 0.793. The summed E-state index contributed by atoms with van der Waals surface area (Å²) in [7, 11) is 0. The number of allylic oxidation sites excluding steroid dienone is 5. The second-order valence-electron chi connectivity index (χ2n) is 11.4. The summed E-state index contributed by atoms with van der Waals surface area (Å²) < 4.78 is 0. The van der Waals surface area contributed by atoms with Crippen LogP contribution in [0.2, 0.25) is 0 Å². The number of rotatable bonds is 2. The molecule has 29 heavy (non-hydrogen) atoms. The zero-order valence-corrected chi connectivity index (χ0v) is 19.9. The first-order chi connectivity index (χ1) is 13.9. The summed E-state index contributed by atoms with van der Waals surface area (Å²) in [6, 6.07) is 0. The molecule has 0 N–H and O–H groups in total. The second kappa shape index (κ2) is 11.0. The van der Waals surface area contributed by atoms with Gasteiger partial charge in [-0.2, -0.15) is 0 Å². The van der Waals surface area contributed by atoms with Crippen molar-refractivity contribution >= 4 is 0 Å². The van der Waals surface area contributed by atoms with Gasteiger partial charge < -0.3 is 0 Å². The highest BCUT2D eigenvalue weighted by Crippen LogP contribution is 2.53. The average Bonchev–Trinajstić information content (AvgIpc) is 3.43. The van der Waals surface area contributed by atoms with Crippen LogP contribution in [0.5, 0.6) is 0 Å². The predicted molar refractivity (Wildman–Crippen MR) is 129 cm³/mol. The molecule has 0 heterocycles. The van der Waals surface area contributed by atoms with Gasteiger partial charge in [-0.05, 0) is 118 Å². The molecular formula is C29H48. The first-order valence-corrected chi connectivity index (χ1v) is 12.9. The molecular weight excluding hydrogens is 348 g/mol. The van der Waals surface area contributed by atoms with Crippen molar-refractivity contribution in [2.75, 3.05) is 0 Å². The number of hydrogen-bond donors (Lipinski definition) is 0. The highest BCUT2D eigenvalue weighted by molar-refractivity contribution is 5.09. The van der Waals surface area contributed by atoms with Gasteiger partial charge in [0.05, 0.1) is 0 Å². The molecule has 5 aliphatic carbocycles. The Morgan fingerprint density at radius 2 is 1.62 bits per heavy atom. The minimum Gasteiger partial charge on any atom is -0.100 e.